The van der Waals surface area contributed by atoms with Crippen LogP contribution in [0.2, 0.25) is 0 Å². The molecule has 0 aliphatic heterocycles. The predicted molar refractivity (Wildman–Crippen MR) is 75.3 cm³/mol. The van der Waals surface area contributed by atoms with E-state index in [4.69, 9.17) is 0 Å². The largest absolute Gasteiger partial charge is 0.491 e. The molecule has 2 nitrogen and oxygen atoms in total. The molecule has 0 spiro atoms. The third-order valence-corrected chi connectivity index (χ3v) is 3.49. The van der Waals surface area contributed by atoms with Crippen LogP contribution in [0.5, 0.6) is 0 Å². The van der Waals surface area contributed by atoms with Gasteiger partial charge in [0.05, 0.1) is 11.4 Å². The van der Waals surface area contributed by atoms with Crippen LogP contribution in [0.25, 0.3) is 0 Å². The van der Waals surface area contributed by atoms with Crippen molar-refractivity contribution in [1.29, 1.82) is 0 Å². The molecule has 0 bridgehead atoms. The summed E-state index contributed by atoms with van der Waals surface area (Å²) in [5, 5.41) is 1.65. The van der Waals surface area contributed by atoms with Crippen LogP contribution < -0.4 is 4.90 Å². The van der Waals surface area contributed by atoms with E-state index in [1.54, 1.807) is 23.6 Å². The Balaban J connectivity index is 2.35. The Hall–Kier alpha value is -1.56. The Labute approximate surface area is 119 Å². The summed E-state index contributed by atoms with van der Waals surface area (Å²) in [7, 11) is 0. The van der Waals surface area contributed by atoms with Gasteiger partial charge in [0.1, 0.15) is 0 Å². The van der Waals surface area contributed by atoms with Crippen LogP contribution in [0.1, 0.15) is 19.5 Å². The summed E-state index contributed by atoms with van der Waals surface area (Å²) in [6, 6.07) is 7.70. The Bertz CT molecular complexity index is 549. The average molecular weight is 300 g/mol. The highest BCUT2D eigenvalue weighted by Gasteiger charge is 2.40. The van der Waals surface area contributed by atoms with Crippen molar-refractivity contribution in [2.24, 2.45) is 5.92 Å². The lowest BCUT2D eigenvalue weighted by atomic mass is 10.1. The van der Waals surface area contributed by atoms with Crippen LogP contribution in [-0.2, 0) is 6.42 Å². The van der Waals surface area contributed by atoms with Crippen LogP contribution >= 0.6 is 11.3 Å². The summed E-state index contributed by atoms with van der Waals surface area (Å²) in [6.45, 7) is 4.02. The first kappa shape index (κ1) is 14.8. The fourth-order valence-corrected chi connectivity index (χ4v) is 2.73. The molecule has 0 saturated heterocycles. The van der Waals surface area contributed by atoms with Gasteiger partial charge in [-0.05, 0) is 24.5 Å². The molecule has 108 valence electrons. The van der Waals surface area contributed by atoms with Crippen molar-refractivity contribution in [2.75, 3.05) is 4.90 Å². The van der Waals surface area contributed by atoms with Gasteiger partial charge in [-0.25, -0.2) is 9.88 Å². The highest BCUT2D eigenvalue weighted by molar-refractivity contribution is 7.13. The van der Waals surface area contributed by atoms with Crippen molar-refractivity contribution in [3.8, 4) is 0 Å². The zero-order valence-corrected chi connectivity index (χ0v) is 12.0. The molecule has 1 heterocycles. The van der Waals surface area contributed by atoms with Gasteiger partial charge in [-0.1, -0.05) is 32.0 Å². The molecule has 0 aliphatic rings. The number of hydrogen-bond acceptors (Lipinski definition) is 3. The fraction of sp³-hybridized carbons (Fsp3) is 0.357. The molecule has 0 fully saturated rings. The maximum absolute atomic E-state index is 13.3. The lowest BCUT2D eigenvalue weighted by molar-refractivity contribution is -0.120. The Morgan fingerprint density at radius 1 is 1.20 bits per heavy atom. The molecule has 0 saturated carbocycles. The number of para-hydroxylation sites is 1. The molecule has 2 aromatic rings. The third-order valence-electron chi connectivity index (χ3n) is 2.62. The van der Waals surface area contributed by atoms with Gasteiger partial charge in [-0.15, -0.1) is 24.5 Å². The van der Waals surface area contributed by atoms with Gasteiger partial charge >= 0.3 is 6.30 Å². The molecule has 6 heteroatoms. The van der Waals surface area contributed by atoms with E-state index >= 15 is 0 Å². The summed E-state index contributed by atoms with van der Waals surface area (Å²) in [5.74, 6) is 0.362. The minimum atomic E-state index is -4.49. The van der Waals surface area contributed by atoms with Crippen LogP contribution in [0.3, 0.4) is 0 Å². The Morgan fingerprint density at radius 3 is 2.40 bits per heavy atom. The molecule has 20 heavy (non-hydrogen) atoms. The van der Waals surface area contributed by atoms with E-state index in [1.807, 2.05) is 13.8 Å². The lowest BCUT2D eigenvalue weighted by Crippen LogP contribution is -2.33. The zero-order valence-electron chi connectivity index (χ0n) is 11.2. The van der Waals surface area contributed by atoms with Gasteiger partial charge in [0, 0.05) is 5.38 Å². The highest BCUT2D eigenvalue weighted by Crippen LogP contribution is 2.38. The number of hydrogen-bond donors (Lipinski definition) is 0. The molecule has 0 unspecified atom stereocenters. The summed E-state index contributed by atoms with van der Waals surface area (Å²) < 4.78 is 39.8. The van der Waals surface area contributed by atoms with Gasteiger partial charge in [0.25, 0.3) is 0 Å². The van der Waals surface area contributed by atoms with Gasteiger partial charge in [0.15, 0.2) is 5.13 Å². The van der Waals surface area contributed by atoms with E-state index in [1.165, 1.54) is 12.1 Å². The molecule has 0 aliphatic carbocycles. The normalized spacial score (nSPS) is 11.9. The number of nitrogens with zero attached hydrogens (tertiary/aromatic N) is 2. The third kappa shape index (κ3) is 3.50. The molecular formula is C14H15F3N2S. The minimum Gasteiger partial charge on any atom is -0.228 e. The van der Waals surface area contributed by atoms with Gasteiger partial charge in [-0.2, -0.15) is 0 Å². The summed E-state index contributed by atoms with van der Waals surface area (Å²) in [4.78, 5) is 4.44. The first-order valence-electron chi connectivity index (χ1n) is 6.24. The first-order valence-corrected chi connectivity index (χ1v) is 7.12. The first-order chi connectivity index (χ1) is 9.38. The second-order valence-electron chi connectivity index (χ2n) is 4.86. The molecule has 0 N–H and O–H groups in total. The van der Waals surface area contributed by atoms with Gasteiger partial charge < -0.3 is 0 Å². The van der Waals surface area contributed by atoms with Crippen molar-refractivity contribution in [1.82, 2.24) is 4.98 Å². The fourth-order valence-electron chi connectivity index (χ4n) is 1.85. The topological polar surface area (TPSA) is 16.1 Å². The Kier molecular flexibility index (Phi) is 4.32. The van der Waals surface area contributed by atoms with E-state index in [0.29, 0.717) is 22.9 Å². The molecule has 1 aromatic heterocycles. The van der Waals surface area contributed by atoms with Crippen LogP contribution in [0, 0.1) is 5.92 Å². The van der Waals surface area contributed by atoms with Crippen molar-refractivity contribution in [2.45, 2.75) is 26.6 Å². The zero-order chi connectivity index (χ0) is 14.8. The standard InChI is InChI=1S/C14H15F3N2S/c1-10(2)8-11-9-20-13(18-11)19(14(15,16)17)12-6-4-3-5-7-12/h3-7,9-10H,8H2,1-2H3. The monoisotopic (exact) mass is 300 g/mol. The summed E-state index contributed by atoms with van der Waals surface area (Å²) >= 11 is 1.02. The Morgan fingerprint density at radius 2 is 1.85 bits per heavy atom. The number of benzene rings is 1. The number of aromatic nitrogens is 1. The van der Waals surface area contributed by atoms with Gasteiger partial charge in [-0.3, -0.25) is 0 Å². The van der Waals surface area contributed by atoms with E-state index in [9.17, 15) is 13.2 Å². The molecule has 0 atom stereocenters. The van der Waals surface area contributed by atoms with Crippen molar-refractivity contribution in [3.05, 3.63) is 41.4 Å². The maximum Gasteiger partial charge on any atom is 0.491 e. The van der Waals surface area contributed by atoms with Crippen molar-refractivity contribution in [3.63, 3.8) is 0 Å². The number of anilines is 2. The smallest absolute Gasteiger partial charge is 0.228 e. The second-order valence-corrected chi connectivity index (χ2v) is 5.69. The molecule has 0 radical (unpaired) electrons. The van der Waals surface area contributed by atoms with E-state index < -0.39 is 6.30 Å². The number of rotatable bonds is 4. The predicted octanol–water partition coefficient (Wildman–Crippen LogP) is 5.00. The minimum absolute atomic E-state index is 0.0423. The molecule has 2 rings (SSSR count). The van der Waals surface area contributed by atoms with Crippen LogP contribution in [0.4, 0.5) is 24.0 Å². The molecule has 1 aromatic carbocycles. The average Bonchev–Trinajstić information content (AvgIpc) is 2.76. The number of halogens is 3. The van der Waals surface area contributed by atoms with E-state index in [-0.39, 0.29) is 10.8 Å². The number of alkyl halides is 3. The van der Waals surface area contributed by atoms with E-state index in [0.717, 1.165) is 11.3 Å². The van der Waals surface area contributed by atoms with Crippen LogP contribution in [-0.4, -0.2) is 11.3 Å². The SMILES string of the molecule is CC(C)Cc1csc(N(c2ccccc2)C(F)(F)F)n1. The van der Waals surface area contributed by atoms with E-state index in [2.05, 4.69) is 4.98 Å². The van der Waals surface area contributed by atoms with Crippen molar-refractivity contribution >= 4 is 22.2 Å². The molecule has 0 amide bonds. The quantitative estimate of drug-likeness (QED) is 0.739. The van der Waals surface area contributed by atoms with Crippen molar-refractivity contribution < 1.29 is 13.2 Å². The van der Waals surface area contributed by atoms with Gasteiger partial charge in [0.2, 0.25) is 0 Å². The number of thiazole rings is 1. The summed E-state index contributed by atoms with van der Waals surface area (Å²) in [6.07, 6.45) is -3.81. The van der Waals surface area contributed by atoms with Crippen LogP contribution in [0.15, 0.2) is 35.7 Å². The molecular weight excluding hydrogens is 285 g/mol. The highest BCUT2D eigenvalue weighted by atomic mass is 32.1. The summed E-state index contributed by atoms with van der Waals surface area (Å²) in [5.41, 5.74) is 0.774. The second kappa shape index (κ2) is 5.83. The maximum atomic E-state index is 13.3. The lowest BCUT2D eigenvalue weighted by Gasteiger charge is -2.24.